The van der Waals surface area contributed by atoms with Gasteiger partial charge in [0.05, 0.1) is 12.3 Å². The van der Waals surface area contributed by atoms with Crippen molar-refractivity contribution in [3.63, 3.8) is 0 Å². The fraction of sp³-hybridized carbons (Fsp3) is 0.636. The zero-order valence-corrected chi connectivity index (χ0v) is 10.8. The topological polar surface area (TPSA) is 55.0 Å². The molecule has 1 fully saturated rings. The number of H-pyrrole nitrogens is 1. The minimum atomic E-state index is -0.0903. The predicted octanol–water partition coefficient (Wildman–Crippen LogP) is 1.99. The number of aromatic nitrogens is 2. The van der Waals surface area contributed by atoms with Crippen LogP contribution in [0.25, 0.3) is 0 Å². The van der Waals surface area contributed by atoms with Gasteiger partial charge in [-0.2, -0.15) is 0 Å². The number of aryl methyl sites for hydroxylation is 1. The lowest BCUT2D eigenvalue weighted by atomic mass is 10.0. The van der Waals surface area contributed by atoms with Crippen LogP contribution in [0.1, 0.15) is 37.2 Å². The van der Waals surface area contributed by atoms with Crippen LogP contribution >= 0.6 is 15.9 Å². The average Bonchev–Trinajstić information content (AvgIpc) is 2.33. The van der Waals surface area contributed by atoms with Crippen molar-refractivity contribution in [3.05, 3.63) is 26.3 Å². The van der Waals surface area contributed by atoms with Gasteiger partial charge in [0.2, 0.25) is 0 Å². The molecule has 1 unspecified atom stereocenters. The summed E-state index contributed by atoms with van der Waals surface area (Å²) in [5, 5.41) is 0. The molecule has 1 N–H and O–H groups in total. The number of hydrogen-bond donors (Lipinski definition) is 1. The van der Waals surface area contributed by atoms with Crippen molar-refractivity contribution in [1.82, 2.24) is 9.97 Å². The third-order valence-corrected chi connectivity index (χ3v) is 3.65. The molecule has 0 spiro atoms. The molecule has 0 bridgehead atoms. The van der Waals surface area contributed by atoms with Crippen LogP contribution in [0.3, 0.4) is 0 Å². The Morgan fingerprint density at radius 2 is 2.44 bits per heavy atom. The van der Waals surface area contributed by atoms with Crippen LogP contribution in [-0.2, 0) is 11.2 Å². The van der Waals surface area contributed by atoms with Crippen LogP contribution in [0, 0.1) is 0 Å². The monoisotopic (exact) mass is 286 g/mol. The van der Waals surface area contributed by atoms with Crippen molar-refractivity contribution in [2.75, 3.05) is 13.2 Å². The standard InChI is InChI=1S/C11H15BrN2O2/c1-2-8-9(12)11(15)14-10(13-8)7-4-3-5-16-6-7/h7H,2-6H2,1H3,(H,13,14,15). The number of halogens is 1. The van der Waals surface area contributed by atoms with E-state index in [4.69, 9.17) is 4.74 Å². The summed E-state index contributed by atoms with van der Waals surface area (Å²) in [6, 6.07) is 0. The molecule has 88 valence electrons. The lowest BCUT2D eigenvalue weighted by Gasteiger charge is -2.21. The summed E-state index contributed by atoms with van der Waals surface area (Å²) in [6.07, 6.45) is 2.82. The highest BCUT2D eigenvalue weighted by molar-refractivity contribution is 9.10. The molecule has 4 nitrogen and oxygen atoms in total. The summed E-state index contributed by atoms with van der Waals surface area (Å²) in [7, 11) is 0. The molecule has 0 saturated carbocycles. The van der Waals surface area contributed by atoms with Crippen molar-refractivity contribution in [1.29, 1.82) is 0 Å². The molecule has 2 heterocycles. The summed E-state index contributed by atoms with van der Waals surface area (Å²) < 4.78 is 5.96. The van der Waals surface area contributed by atoms with E-state index in [1.165, 1.54) is 0 Å². The van der Waals surface area contributed by atoms with E-state index in [0.29, 0.717) is 11.1 Å². The van der Waals surface area contributed by atoms with Crippen LogP contribution in [0.15, 0.2) is 9.27 Å². The molecule has 1 aliphatic heterocycles. The molecular formula is C11H15BrN2O2. The first-order valence-corrected chi connectivity index (χ1v) is 6.38. The molecule has 5 heteroatoms. The molecule has 0 amide bonds. The van der Waals surface area contributed by atoms with Crippen molar-refractivity contribution < 1.29 is 4.74 Å². The number of aromatic amines is 1. The first-order valence-electron chi connectivity index (χ1n) is 5.58. The van der Waals surface area contributed by atoms with Crippen molar-refractivity contribution >= 4 is 15.9 Å². The van der Waals surface area contributed by atoms with Gasteiger partial charge in [0.1, 0.15) is 10.3 Å². The highest BCUT2D eigenvalue weighted by Crippen LogP contribution is 2.23. The van der Waals surface area contributed by atoms with E-state index in [1.807, 2.05) is 6.92 Å². The first-order chi connectivity index (χ1) is 7.72. The average molecular weight is 287 g/mol. The molecule has 2 rings (SSSR count). The van der Waals surface area contributed by atoms with Gasteiger partial charge in [-0.15, -0.1) is 0 Å². The van der Waals surface area contributed by atoms with E-state index in [-0.39, 0.29) is 11.5 Å². The highest BCUT2D eigenvalue weighted by atomic mass is 79.9. The number of hydrogen-bond acceptors (Lipinski definition) is 3. The second-order valence-electron chi connectivity index (χ2n) is 3.98. The Balaban J connectivity index is 2.33. The summed E-state index contributed by atoms with van der Waals surface area (Å²) >= 11 is 3.26. The molecule has 0 aliphatic carbocycles. The maximum absolute atomic E-state index is 11.7. The fourth-order valence-electron chi connectivity index (χ4n) is 1.91. The smallest absolute Gasteiger partial charge is 0.265 e. The van der Waals surface area contributed by atoms with Gasteiger partial charge in [-0.25, -0.2) is 4.98 Å². The first kappa shape index (κ1) is 11.8. The molecular weight excluding hydrogens is 272 g/mol. The van der Waals surface area contributed by atoms with Gasteiger partial charge in [0.25, 0.3) is 5.56 Å². The van der Waals surface area contributed by atoms with E-state index >= 15 is 0 Å². The van der Waals surface area contributed by atoms with Crippen molar-refractivity contribution in [3.8, 4) is 0 Å². The molecule has 1 aromatic heterocycles. The Hall–Kier alpha value is -0.680. The second-order valence-corrected chi connectivity index (χ2v) is 4.77. The summed E-state index contributed by atoms with van der Waals surface area (Å²) in [4.78, 5) is 19.0. The van der Waals surface area contributed by atoms with Crippen LogP contribution in [0.2, 0.25) is 0 Å². The number of ether oxygens (including phenoxy) is 1. The van der Waals surface area contributed by atoms with Gasteiger partial charge in [-0.1, -0.05) is 6.92 Å². The molecule has 1 saturated heterocycles. The molecule has 0 aromatic carbocycles. The third-order valence-electron chi connectivity index (χ3n) is 2.83. The molecule has 16 heavy (non-hydrogen) atoms. The highest BCUT2D eigenvalue weighted by Gasteiger charge is 2.19. The lowest BCUT2D eigenvalue weighted by molar-refractivity contribution is 0.0779. The zero-order valence-electron chi connectivity index (χ0n) is 9.25. The van der Waals surface area contributed by atoms with Crippen molar-refractivity contribution in [2.45, 2.75) is 32.1 Å². The Morgan fingerprint density at radius 3 is 3.06 bits per heavy atom. The largest absolute Gasteiger partial charge is 0.381 e. The van der Waals surface area contributed by atoms with Crippen LogP contribution in [0.4, 0.5) is 0 Å². The number of nitrogens with one attached hydrogen (secondary N) is 1. The van der Waals surface area contributed by atoms with E-state index in [0.717, 1.165) is 37.4 Å². The molecule has 1 atom stereocenters. The maximum atomic E-state index is 11.7. The Labute approximate surface area is 103 Å². The minimum absolute atomic E-state index is 0.0903. The Morgan fingerprint density at radius 1 is 1.62 bits per heavy atom. The third kappa shape index (κ3) is 2.35. The Kier molecular flexibility index (Phi) is 3.76. The maximum Gasteiger partial charge on any atom is 0.265 e. The fourth-order valence-corrected chi connectivity index (χ4v) is 2.38. The number of rotatable bonds is 2. The van der Waals surface area contributed by atoms with Gasteiger partial charge < -0.3 is 9.72 Å². The van der Waals surface area contributed by atoms with Gasteiger partial charge >= 0.3 is 0 Å². The van der Waals surface area contributed by atoms with Crippen LogP contribution < -0.4 is 5.56 Å². The minimum Gasteiger partial charge on any atom is -0.381 e. The summed E-state index contributed by atoms with van der Waals surface area (Å²) in [5.74, 6) is 1.00. The lowest BCUT2D eigenvalue weighted by Crippen LogP contribution is -2.23. The van der Waals surface area contributed by atoms with E-state index < -0.39 is 0 Å². The second kappa shape index (κ2) is 5.10. The molecule has 1 aromatic rings. The predicted molar refractivity (Wildman–Crippen MR) is 64.7 cm³/mol. The molecule has 0 radical (unpaired) electrons. The normalized spacial score (nSPS) is 21.0. The summed E-state index contributed by atoms with van der Waals surface area (Å²) in [6.45, 7) is 3.47. The number of nitrogens with zero attached hydrogens (tertiary/aromatic N) is 1. The van der Waals surface area contributed by atoms with Gasteiger partial charge in [0.15, 0.2) is 0 Å². The quantitative estimate of drug-likeness (QED) is 0.905. The SMILES string of the molecule is CCc1nc(C2CCCOC2)[nH]c(=O)c1Br. The van der Waals surface area contributed by atoms with Crippen LogP contribution in [0.5, 0.6) is 0 Å². The van der Waals surface area contributed by atoms with Crippen LogP contribution in [-0.4, -0.2) is 23.2 Å². The van der Waals surface area contributed by atoms with Crippen molar-refractivity contribution in [2.24, 2.45) is 0 Å². The zero-order chi connectivity index (χ0) is 11.5. The van der Waals surface area contributed by atoms with Gasteiger partial charge in [-0.05, 0) is 35.2 Å². The van der Waals surface area contributed by atoms with E-state index in [9.17, 15) is 4.79 Å². The summed E-state index contributed by atoms with van der Waals surface area (Å²) in [5.41, 5.74) is 0.733. The van der Waals surface area contributed by atoms with Gasteiger partial charge in [-0.3, -0.25) is 4.79 Å². The van der Waals surface area contributed by atoms with E-state index in [2.05, 4.69) is 25.9 Å². The van der Waals surface area contributed by atoms with E-state index in [1.54, 1.807) is 0 Å². The Bertz CT molecular complexity index is 424. The molecule has 1 aliphatic rings. The van der Waals surface area contributed by atoms with Gasteiger partial charge in [0, 0.05) is 12.5 Å².